The molecule has 0 amide bonds. The Morgan fingerprint density at radius 1 is 1.26 bits per heavy atom. The van der Waals surface area contributed by atoms with E-state index in [-0.39, 0.29) is 17.5 Å². The molecule has 0 spiro atoms. The van der Waals surface area contributed by atoms with Gasteiger partial charge in [-0.1, -0.05) is 20.3 Å². The first-order valence-corrected chi connectivity index (χ1v) is 7.10. The van der Waals surface area contributed by atoms with Crippen LogP contribution in [0, 0.1) is 5.92 Å². The van der Waals surface area contributed by atoms with E-state index in [0.29, 0.717) is 5.92 Å². The number of benzene rings is 1. The molecule has 0 aliphatic carbocycles. The Labute approximate surface area is 115 Å². The first-order valence-electron chi connectivity index (χ1n) is 7.10. The number of phenols is 2. The van der Waals surface area contributed by atoms with Gasteiger partial charge in [0.15, 0.2) is 0 Å². The molecule has 4 heteroatoms. The highest BCUT2D eigenvalue weighted by Gasteiger charge is 2.28. The van der Waals surface area contributed by atoms with Gasteiger partial charge in [0.25, 0.3) is 0 Å². The smallest absolute Gasteiger partial charge is 0.120 e. The Bertz CT molecular complexity index is 417. The normalized spacial score (nSPS) is 20.1. The van der Waals surface area contributed by atoms with Crippen molar-refractivity contribution >= 4 is 0 Å². The molecular weight excluding hydrogens is 240 g/mol. The third-order valence-corrected chi connectivity index (χ3v) is 4.06. The molecule has 3 N–H and O–H groups in total. The Kier molecular flexibility index (Phi) is 4.66. The molecule has 4 nitrogen and oxygen atoms in total. The van der Waals surface area contributed by atoms with Crippen LogP contribution in [0.3, 0.4) is 0 Å². The standard InChI is InChI=1S/C15H24N2O2/c1-3-11(2)15(17-8-6-16-7-9-17)13-10-12(18)4-5-14(13)19/h4-5,10-11,15-16,18-19H,3,6-9H2,1-2H3/t11?,15-/m0/s1. The zero-order valence-electron chi connectivity index (χ0n) is 11.8. The third kappa shape index (κ3) is 3.19. The highest BCUT2D eigenvalue weighted by atomic mass is 16.3. The van der Waals surface area contributed by atoms with Crippen molar-refractivity contribution < 1.29 is 10.2 Å². The number of nitrogens with one attached hydrogen (secondary N) is 1. The zero-order chi connectivity index (χ0) is 13.8. The van der Waals surface area contributed by atoms with E-state index < -0.39 is 0 Å². The van der Waals surface area contributed by atoms with E-state index >= 15 is 0 Å². The van der Waals surface area contributed by atoms with Crippen LogP contribution in [-0.4, -0.2) is 41.3 Å². The number of phenolic OH excluding ortho intramolecular Hbond substituents is 2. The molecule has 1 aromatic carbocycles. The van der Waals surface area contributed by atoms with Crippen LogP contribution in [0.25, 0.3) is 0 Å². The van der Waals surface area contributed by atoms with Crippen molar-refractivity contribution in [2.75, 3.05) is 26.2 Å². The lowest BCUT2D eigenvalue weighted by Crippen LogP contribution is -2.46. The molecule has 2 rings (SSSR count). The summed E-state index contributed by atoms with van der Waals surface area (Å²) in [5.74, 6) is 0.934. The van der Waals surface area contributed by atoms with Crippen molar-refractivity contribution in [3.05, 3.63) is 23.8 Å². The monoisotopic (exact) mass is 264 g/mol. The van der Waals surface area contributed by atoms with E-state index in [1.807, 2.05) is 0 Å². The lowest BCUT2D eigenvalue weighted by Gasteiger charge is -2.38. The predicted molar refractivity (Wildman–Crippen MR) is 76.4 cm³/mol. The van der Waals surface area contributed by atoms with Gasteiger partial charge in [-0.2, -0.15) is 0 Å². The minimum absolute atomic E-state index is 0.166. The van der Waals surface area contributed by atoms with Gasteiger partial charge in [-0.05, 0) is 24.1 Å². The van der Waals surface area contributed by atoms with Gasteiger partial charge in [-0.15, -0.1) is 0 Å². The second-order valence-electron chi connectivity index (χ2n) is 5.36. The van der Waals surface area contributed by atoms with Crippen molar-refractivity contribution in [1.82, 2.24) is 10.2 Å². The highest BCUT2D eigenvalue weighted by Crippen LogP contribution is 2.37. The van der Waals surface area contributed by atoms with Crippen LogP contribution in [0.2, 0.25) is 0 Å². The number of hydrogen-bond donors (Lipinski definition) is 3. The molecular formula is C15H24N2O2. The van der Waals surface area contributed by atoms with Crippen LogP contribution in [0.1, 0.15) is 31.9 Å². The van der Waals surface area contributed by atoms with Gasteiger partial charge in [0, 0.05) is 37.8 Å². The average Bonchev–Trinajstić information content (AvgIpc) is 2.44. The maximum Gasteiger partial charge on any atom is 0.120 e. The van der Waals surface area contributed by atoms with Gasteiger partial charge in [0.05, 0.1) is 0 Å². The summed E-state index contributed by atoms with van der Waals surface area (Å²) in [6.07, 6.45) is 1.05. The molecule has 19 heavy (non-hydrogen) atoms. The third-order valence-electron chi connectivity index (χ3n) is 4.06. The minimum Gasteiger partial charge on any atom is -0.508 e. The molecule has 0 bridgehead atoms. The first kappa shape index (κ1) is 14.2. The van der Waals surface area contributed by atoms with Gasteiger partial charge in [-0.25, -0.2) is 0 Å². The number of rotatable bonds is 4. The number of aromatic hydroxyl groups is 2. The molecule has 1 aromatic rings. The summed E-state index contributed by atoms with van der Waals surface area (Å²) in [7, 11) is 0. The Balaban J connectivity index is 2.33. The summed E-state index contributed by atoms with van der Waals surface area (Å²) in [5, 5.41) is 23.2. The van der Waals surface area contributed by atoms with Crippen LogP contribution in [0.4, 0.5) is 0 Å². The summed E-state index contributed by atoms with van der Waals surface area (Å²) in [6, 6.07) is 4.99. The first-order chi connectivity index (χ1) is 9.13. The SMILES string of the molecule is CCC(C)[C@@H](c1cc(O)ccc1O)N1CCNCC1. The van der Waals surface area contributed by atoms with E-state index in [9.17, 15) is 10.2 Å². The summed E-state index contributed by atoms with van der Waals surface area (Å²) in [5.41, 5.74) is 0.844. The lowest BCUT2D eigenvalue weighted by molar-refractivity contribution is 0.126. The second-order valence-corrected chi connectivity index (χ2v) is 5.36. The number of nitrogens with zero attached hydrogens (tertiary/aromatic N) is 1. The fourth-order valence-corrected chi connectivity index (χ4v) is 2.83. The van der Waals surface area contributed by atoms with E-state index in [1.54, 1.807) is 12.1 Å². The van der Waals surface area contributed by atoms with E-state index in [2.05, 4.69) is 24.1 Å². The van der Waals surface area contributed by atoms with Crippen LogP contribution in [-0.2, 0) is 0 Å². The van der Waals surface area contributed by atoms with Crippen molar-refractivity contribution in [2.24, 2.45) is 5.92 Å². The average molecular weight is 264 g/mol. The van der Waals surface area contributed by atoms with Crippen LogP contribution < -0.4 is 5.32 Å². The summed E-state index contributed by atoms with van der Waals surface area (Å²) in [6.45, 7) is 8.28. The number of hydrogen-bond acceptors (Lipinski definition) is 4. The highest BCUT2D eigenvalue weighted by molar-refractivity contribution is 5.41. The van der Waals surface area contributed by atoms with Crippen molar-refractivity contribution in [3.63, 3.8) is 0 Å². The van der Waals surface area contributed by atoms with Crippen molar-refractivity contribution in [1.29, 1.82) is 0 Å². The minimum atomic E-state index is 0.166. The molecule has 1 aliphatic heterocycles. The second kappa shape index (κ2) is 6.26. The maximum absolute atomic E-state index is 10.1. The van der Waals surface area contributed by atoms with Crippen LogP contribution in [0.5, 0.6) is 11.5 Å². The van der Waals surface area contributed by atoms with E-state index in [1.165, 1.54) is 6.07 Å². The van der Waals surface area contributed by atoms with Crippen molar-refractivity contribution in [3.8, 4) is 11.5 Å². The van der Waals surface area contributed by atoms with Gasteiger partial charge in [0.2, 0.25) is 0 Å². The molecule has 1 heterocycles. The topological polar surface area (TPSA) is 55.7 Å². The van der Waals surface area contributed by atoms with E-state index in [4.69, 9.17) is 0 Å². The lowest BCUT2D eigenvalue weighted by atomic mass is 9.90. The molecule has 1 saturated heterocycles. The summed E-state index contributed by atoms with van der Waals surface area (Å²) >= 11 is 0. The summed E-state index contributed by atoms with van der Waals surface area (Å²) < 4.78 is 0. The molecule has 1 unspecified atom stereocenters. The quantitative estimate of drug-likeness (QED) is 0.729. The molecule has 0 aromatic heterocycles. The van der Waals surface area contributed by atoms with Gasteiger partial charge in [0.1, 0.15) is 11.5 Å². The fraction of sp³-hybridized carbons (Fsp3) is 0.600. The largest absolute Gasteiger partial charge is 0.508 e. The predicted octanol–water partition coefficient (Wildman–Crippen LogP) is 2.09. The molecule has 0 radical (unpaired) electrons. The molecule has 106 valence electrons. The molecule has 0 saturated carbocycles. The van der Waals surface area contributed by atoms with Crippen LogP contribution >= 0.6 is 0 Å². The molecule has 1 aliphatic rings. The Morgan fingerprint density at radius 2 is 1.95 bits per heavy atom. The van der Waals surface area contributed by atoms with Crippen LogP contribution in [0.15, 0.2) is 18.2 Å². The van der Waals surface area contributed by atoms with Gasteiger partial charge in [-0.3, -0.25) is 4.90 Å². The molecule has 1 fully saturated rings. The maximum atomic E-state index is 10.1. The van der Waals surface area contributed by atoms with Crippen molar-refractivity contribution in [2.45, 2.75) is 26.3 Å². The van der Waals surface area contributed by atoms with E-state index in [0.717, 1.165) is 38.2 Å². The summed E-state index contributed by atoms with van der Waals surface area (Å²) in [4.78, 5) is 2.40. The fourth-order valence-electron chi connectivity index (χ4n) is 2.83. The Hall–Kier alpha value is -1.26. The zero-order valence-corrected chi connectivity index (χ0v) is 11.8. The molecule has 2 atom stereocenters. The number of piperazine rings is 1. The van der Waals surface area contributed by atoms with Gasteiger partial charge >= 0.3 is 0 Å². The van der Waals surface area contributed by atoms with Gasteiger partial charge < -0.3 is 15.5 Å². The Morgan fingerprint density at radius 3 is 2.58 bits per heavy atom.